The summed E-state index contributed by atoms with van der Waals surface area (Å²) in [6, 6.07) is 14.5. The molecule has 0 aliphatic carbocycles. The van der Waals surface area contributed by atoms with Crippen molar-refractivity contribution in [2.75, 3.05) is 11.9 Å². The normalized spacial score (nSPS) is 12.6. The summed E-state index contributed by atoms with van der Waals surface area (Å²) in [5.41, 5.74) is 3.71. The van der Waals surface area contributed by atoms with E-state index in [2.05, 4.69) is 58.9 Å². The number of hydrogen-bond acceptors (Lipinski definition) is 2. The average Bonchev–Trinajstić information content (AvgIpc) is 2.58. The van der Waals surface area contributed by atoms with Crippen molar-refractivity contribution >= 4 is 23.4 Å². The van der Waals surface area contributed by atoms with Crippen LogP contribution in [0.15, 0.2) is 42.5 Å². The van der Waals surface area contributed by atoms with Crippen LogP contribution in [-0.2, 0) is 22.0 Å². The molecule has 0 aromatic heterocycles. The van der Waals surface area contributed by atoms with Gasteiger partial charge in [0.25, 0.3) is 0 Å². The molecule has 0 spiro atoms. The number of anilines is 1. The quantitative estimate of drug-likeness (QED) is 0.502. The number of halogens is 1. The zero-order valence-electron chi connectivity index (χ0n) is 19.9. The molecular weight excluding hydrogens is 394 g/mol. The van der Waals surface area contributed by atoms with Crippen molar-refractivity contribution in [3.05, 3.63) is 64.2 Å². The van der Waals surface area contributed by atoms with Gasteiger partial charge in [-0.2, -0.15) is 0 Å². The van der Waals surface area contributed by atoms with Crippen LogP contribution < -0.4 is 4.90 Å². The van der Waals surface area contributed by atoms with E-state index in [1.807, 2.05) is 39.0 Å². The van der Waals surface area contributed by atoms with Crippen molar-refractivity contribution in [1.82, 2.24) is 0 Å². The van der Waals surface area contributed by atoms with Gasteiger partial charge >= 0.3 is 6.09 Å². The monoisotopic (exact) mass is 429 g/mol. The highest BCUT2D eigenvalue weighted by Crippen LogP contribution is 2.34. The van der Waals surface area contributed by atoms with Gasteiger partial charge in [-0.15, -0.1) is 0 Å². The van der Waals surface area contributed by atoms with Gasteiger partial charge in [0.2, 0.25) is 0 Å². The van der Waals surface area contributed by atoms with Gasteiger partial charge in [-0.3, -0.25) is 4.90 Å². The predicted octanol–water partition coefficient (Wildman–Crippen LogP) is 7.53. The van der Waals surface area contributed by atoms with Crippen molar-refractivity contribution in [2.24, 2.45) is 0 Å². The van der Waals surface area contributed by atoms with E-state index >= 15 is 0 Å². The number of nitrogens with zero attached hydrogens (tertiary/aromatic N) is 1. The van der Waals surface area contributed by atoms with Crippen molar-refractivity contribution in [1.29, 1.82) is 0 Å². The van der Waals surface area contributed by atoms with Gasteiger partial charge in [0, 0.05) is 17.8 Å². The second-order valence-corrected chi connectivity index (χ2v) is 11.2. The summed E-state index contributed by atoms with van der Waals surface area (Å²) in [6.07, 6.45) is 0.473. The maximum atomic E-state index is 12.7. The van der Waals surface area contributed by atoms with Gasteiger partial charge in [-0.25, -0.2) is 4.79 Å². The number of amides is 1. The lowest BCUT2D eigenvalue weighted by atomic mass is 9.77. The second-order valence-electron chi connectivity index (χ2n) is 10.7. The van der Waals surface area contributed by atoms with Crippen molar-refractivity contribution < 1.29 is 9.53 Å². The lowest BCUT2D eigenvalue weighted by Gasteiger charge is -2.30. The van der Waals surface area contributed by atoms with Crippen LogP contribution in [-0.4, -0.2) is 18.7 Å². The fourth-order valence-electron chi connectivity index (χ4n) is 3.36. The summed E-state index contributed by atoms with van der Waals surface area (Å²) in [7, 11) is 1.77. The number of benzene rings is 2. The lowest BCUT2D eigenvalue weighted by molar-refractivity contribution is 0.0589. The van der Waals surface area contributed by atoms with Gasteiger partial charge in [-0.1, -0.05) is 64.4 Å². The number of rotatable bonds is 4. The maximum Gasteiger partial charge on any atom is 0.414 e. The smallest absolute Gasteiger partial charge is 0.414 e. The first-order valence-corrected chi connectivity index (χ1v) is 10.8. The molecule has 2 aromatic carbocycles. The maximum absolute atomic E-state index is 12.7. The highest BCUT2D eigenvalue weighted by molar-refractivity contribution is 6.30. The minimum atomic E-state index is -0.537. The molecule has 0 atom stereocenters. The predicted molar refractivity (Wildman–Crippen MR) is 128 cm³/mol. The van der Waals surface area contributed by atoms with Gasteiger partial charge in [0.05, 0.1) is 0 Å². The molecule has 0 saturated carbocycles. The third kappa shape index (κ3) is 6.50. The van der Waals surface area contributed by atoms with Crippen LogP contribution in [0.3, 0.4) is 0 Å². The number of carbonyl (C=O) groups excluding carboxylic acids is 1. The van der Waals surface area contributed by atoms with E-state index in [0.717, 1.165) is 17.1 Å². The fourth-order valence-corrected chi connectivity index (χ4v) is 3.55. The first-order chi connectivity index (χ1) is 13.6. The molecule has 0 aliphatic rings. The Hall–Kier alpha value is -2.00. The largest absolute Gasteiger partial charge is 0.443 e. The molecule has 30 heavy (non-hydrogen) atoms. The Morgan fingerprint density at radius 3 is 2.10 bits per heavy atom. The molecule has 0 fully saturated rings. The number of carbonyl (C=O) groups is 1. The van der Waals surface area contributed by atoms with Gasteiger partial charge < -0.3 is 4.74 Å². The molecule has 0 aliphatic heterocycles. The summed E-state index contributed by atoms with van der Waals surface area (Å²) in [5.74, 6) is 0. The molecule has 2 aromatic rings. The Labute approximate surface area is 187 Å². The average molecular weight is 430 g/mol. The zero-order chi connectivity index (χ0) is 22.9. The van der Waals surface area contributed by atoms with Crippen LogP contribution in [0.4, 0.5) is 10.5 Å². The molecule has 4 heteroatoms. The highest BCUT2D eigenvalue weighted by atomic mass is 35.5. The van der Waals surface area contributed by atoms with Crippen LogP contribution in [0.1, 0.15) is 72.1 Å². The summed E-state index contributed by atoms with van der Waals surface area (Å²) in [6.45, 7) is 16.6. The summed E-state index contributed by atoms with van der Waals surface area (Å²) in [4.78, 5) is 14.3. The first-order valence-electron chi connectivity index (χ1n) is 10.5. The Morgan fingerprint density at radius 1 is 0.933 bits per heavy atom. The minimum Gasteiger partial charge on any atom is -0.443 e. The van der Waals surface area contributed by atoms with E-state index in [1.54, 1.807) is 11.9 Å². The molecule has 0 saturated heterocycles. The Balaban J connectivity index is 2.45. The van der Waals surface area contributed by atoms with E-state index in [-0.39, 0.29) is 16.9 Å². The molecule has 0 N–H and O–H groups in total. The SMILES string of the molecule is CN(C(=O)OC(C)(C)C)c1cc(CC(C)(C)c2cccc(Cl)c2)cc(C(C)(C)C)c1. The molecule has 1 amide bonds. The van der Waals surface area contributed by atoms with Gasteiger partial charge in [0.15, 0.2) is 0 Å². The molecule has 2 rings (SSSR count). The van der Waals surface area contributed by atoms with E-state index in [1.165, 1.54) is 16.7 Å². The third-order valence-electron chi connectivity index (χ3n) is 5.15. The highest BCUT2D eigenvalue weighted by Gasteiger charge is 2.26. The van der Waals surface area contributed by atoms with Gasteiger partial charge in [-0.05, 0) is 79.0 Å². The van der Waals surface area contributed by atoms with Crippen LogP contribution in [0, 0.1) is 0 Å². The van der Waals surface area contributed by atoms with Crippen LogP contribution >= 0.6 is 11.6 Å². The van der Waals surface area contributed by atoms with Crippen LogP contribution in [0.25, 0.3) is 0 Å². The molecule has 0 bridgehead atoms. The first kappa shape index (κ1) is 24.3. The summed E-state index contributed by atoms with van der Waals surface area (Å²) >= 11 is 6.24. The zero-order valence-corrected chi connectivity index (χ0v) is 20.6. The molecule has 0 unspecified atom stereocenters. The molecule has 164 valence electrons. The Bertz CT molecular complexity index is 904. The molecule has 0 radical (unpaired) electrons. The summed E-state index contributed by atoms with van der Waals surface area (Å²) < 4.78 is 5.58. The van der Waals surface area contributed by atoms with Crippen LogP contribution in [0.5, 0.6) is 0 Å². The van der Waals surface area contributed by atoms with Crippen molar-refractivity contribution in [3.8, 4) is 0 Å². The number of ether oxygens (including phenoxy) is 1. The van der Waals surface area contributed by atoms with Crippen LogP contribution in [0.2, 0.25) is 5.02 Å². The standard InChI is InChI=1S/C26H36ClNO2/c1-24(2,3)20-13-18(17-26(7,8)19-11-10-12-21(27)15-19)14-22(16-20)28(9)23(29)30-25(4,5)6/h10-16H,17H2,1-9H3. The Kier molecular flexibility index (Phi) is 6.98. The molecular formula is C26H36ClNO2. The van der Waals surface area contributed by atoms with Gasteiger partial charge in [0.1, 0.15) is 5.60 Å². The summed E-state index contributed by atoms with van der Waals surface area (Å²) in [5, 5.41) is 0.745. The van der Waals surface area contributed by atoms with E-state index < -0.39 is 5.60 Å². The van der Waals surface area contributed by atoms with E-state index in [4.69, 9.17) is 16.3 Å². The molecule has 0 heterocycles. The lowest BCUT2D eigenvalue weighted by Crippen LogP contribution is -2.34. The van der Waals surface area contributed by atoms with Crippen molar-refractivity contribution in [3.63, 3.8) is 0 Å². The fraction of sp³-hybridized carbons (Fsp3) is 0.500. The number of hydrogen-bond donors (Lipinski definition) is 0. The minimum absolute atomic E-state index is 0.0419. The van der Waals surface area contributed by atoms with E-state index in [9.17, 15) is 4.79 Å². The van der Waals surface area contributed by atoms with Crippen molar-refractivity contribution in [2.45, 2.75) is 78.2 Å². The Morgan fingerprint density at radius 2 is 1.57 bits per heavy atom. The molecule has 3 nitrogen and oxygen atoms in total. The second kappa shape index (κ2) is 8.63. The topological polar surface area (TPSA) is 29.5 Å². The van der Waals surface area contributed by atoms with E-state index in [0.29, 0.717) is 0 Å². The third-order valence-corrected chi connectivity index (χ3v) is 5.39.